The van der Waals surface area contributed by atoms with Crippen LogP contribution in [0.4, 0.5) is 17.3 Å². The molecule has 128 valence electrons. The topological polar surface area (TPSA) is 44.3 Å². The van der Waals surface area contributed by atoms with Gasteiger partial charge in [0, 0.05) is 32.2 Å². The van der Waals surface area contributed by atoms with Gasteiger partial charge in [-0.3, -0.25) is 0 Å². The fourth-order valence-corrected chi connectivity index (χ4v) is 3.45. The Bertz CT molecular complexity index is 687. The number of nitrogens with one attached hydrogen (secondary N) is 1. The summed E-state index contributed by atoms with van der Waals surface area (Å²) < 4.78 is 0. The monoisotopic (exact) mass is 345 g/mol. The summed E-state index contributed by atoms with van der Waals surface area (Å²) in [6, 6.07) is 6.07. The molecule has 1 N–H and O–H groups in total. The first-order valence-corrected chi connectivity index (χ1v) is 8.77. The first kappa shape index (κ1) is 17.0. The summed E-state index contributed by atoms with van der Waals surface area (Å²) >= 11 is 6.38. The molecule has 0 spiro atoms. The highest BCUT2D eigenvalue weighted by atomic mass is 35.5. The largest absolute Gasteiger partial charge is 0.354 e. The Morgan fingerprint density at radius 1 is 1.08 bits per heavy atom. The van der Waals surface area contributed by atoms with Crippen molar-refractivity contribution >= 4 is 28.9 Å². The molecule has 1 aliphatic rings. The smallest absolute Gasteiger partial charge is 0.135 e. The van der Waals surface area contributed by atoms with Crippen molar-refractivity contribution < 1.29 is 0 Å². The molecule has 1 aliphatic heterocycles. The van der Waals surface area contributed by atoms with Gasteiger partial charge < -0.3 is 15.1 Å². The average molecular weight is 346 g/mol. The second-order valence-electron chi connectivity index (χ2n) is 6.25. The van der Waals surface area contributed by atoms with Crippen LogP contribution in [0.3, 0.4) is 0 Å². The van der Waals surface area contributed by atoms with E-state index in [1.807, 2.05) is 26.0 Å². The van der Waals surface area contributed by atoms with Crippen LogP contribution >= 0.6 is 11.6 Å². The highest BCUT2D eigenvalue weighted by Crippen LogP contribution is 2.30. The first-order valence-electron chi connectivity index (χ1n) is 8.40. The van der Waals surface area contributed by atoms with E-state index in [9.17, 15) is 0 Å². The number of hydrogen-bond donors (Lipinski definition) is 1. The molecule has 0 saturated carbocycles. The van der Waals surface area contributed by atoms with Crippen molar-refractivity contribution in [1.29, 1.82) is 0 Å². The first-order chi connectivity index (χ1) is 11.6. The van der Waals surface area contributed by atoms with Gasteiger partial charge in [-0.1, -0.05) is 24.6 Å². The molecule has 1 aromatic heterocycles. The van der Waals surface area contributed by atoms with E-state index in [2.05, 4.69) is 38.1 Å². The zero-order chi connectivity index (χ0) is 17.1. The number of anilines is 3. The molecule has 2 heterocycles. The zero-order valence-corrected chi connectivity index (χ0v) is 15.3. The number of aryl methyl sites for hydroxylation is 2. The number of aromatic nitrogens is 2. The number of halogens is 1. The molecule has 3 rings (SSSR count). The molecular weight excluding hydrogens is 322 g/mol. The summed E-state index contributed by atoms with van der Waals surface area (Å²) in [5.74, 6) is 1.73. The lowest BCUT2D eigenvalue weighted by Crippen LogP contribution is -2.46. The lowest BCUT2D eigenvalue weighted by Gasteiger charge is -2.34. The van der Waals surface area contributed by atoms with Gasteiger partial charge in [0.25, 0.3) is 0 Å². The molecule has 24 heavy (non-hydrogen) atoms. The number of piperazine rings is 1. The molecule has 0 atom stereocenters. The Balaban J connectivity index is 1.77. The molecule has 1 fully saturated rings. The van der Waals surface area contributed by atoms with E-state index in [1.54, 1.807) is 6.33 Å². The van der Waals surface area contributed by atoms with E-state index < -0.39 is 0 Å². The average Bonchev–Trinajstić information content (AvgIpc) is 2.58. The van der Waals surface area contributed by atoms with Gasteiger partial charge in [-0.05, 0) is 37.6 Å². The number of benzene rings is 1. The van der Waals surface area contributed by atoms with Crippen molar-refractivity contribution in [3.05, 3.63) is 40.7 Å². The van der Waals surface area contributed by atoms with E-state index in [1.165, 1.54) is 0 Å². The normalized spacial score (nSPS) is 15.6. The van der Waals surface area contributed by atoms with Crippen molar-refractivity contribution in [3.8, 4) is 0 Å². The predicted octanol–water partition coefficient (Wildman–Crippen LogP) is 3.63. The standard InChI is InChI=1S/C18H24ClN5/c1-4-23-5-7-24(8-6-23)17-11-16(20-12-21-17)22-18-14(3)9-13(2)10-15(18)19/h9-12H,4-8H2,1-3H3,(H,20,21,22). The third-order valence-corrected chi connectivity index (χ3v) is 4.78. The maximum Gasteiger partial charge on any atom is 0.135 e. The number of hydrogen-bond acceptors (Lipinski definition) is 5. The Morgan fingerprint density at radius 3 is 2.50 bits per heavy atom. The molecular formula is C18H24ClN5. The number of rotatable bonds is 4. The minimum atomic E-state index is 0.712. The molecule has 5 nitrogen and oxygen atoms in total. The van der Waals surface area contributed by atoms with Crippen molar-refractivity contribution in [2.24, 2.45) is 0 Å². The van der Waals surface area contributed by atoms with E-state index in [0.717, 1.165) is 61.2 Å². The second-order valence-corrected chi connectivity index (χ2v) is 6.65. The quantitative estimate of drug-likeness (QED) is 0.916. The third kappa shape index (κ3) is 3.79. The Morgan fingerprint density at radius 2 is 1.83 bits per heavy atom. The van der Waals surface area contributed by atoms with E-state index in [4.69, 9.17) is 11.6 Å². The van der Waals surface area contributed by atoms with Gasteiger partial charge in [0.2, 0.25) is 0 Å². The molecule has 0 bridgehead atoms. The summed E-state index contributed by atoms with van der Waals surface area (Å²) in [7, 11) is 0. The zero-order valence-electron chi connectivity index (χ0n) is 14.5. The van der Waals surface area contributed by atoms with Crippen molar-refractivity contribution in [2.75, 3.05) is 42.9 Å². The fourth-order valence-electron chi connectivity index (χ4n) is 3.08. The summed E-state index contributed by atoms with van der Waals surface area (Å²) in [6.45, 7) is 11.5. The van der Waals surface area contributed by atoms with Crippen LogP contribution in [0.25, 0.3) is 0 Å². The Hall–Kier alpha value is -1.85. The van der Waals surface area contributed by atoms with Crippen LogP contribution in [-0.2, 0) is 0 Å². The van der Waals surface area contributed by atoms with Crippen LogP contribution in [0.15, 0.2) is 24.5 Å². The molecule has 6 heteroatoms. The van der Waals surface area contributed by atoms with E-state index >= 15 is 0 Å². The second kappa shape index (κ2) is 7.36. The van der Waals surface area contributed by atoms with Gasteiger partial charge in [-0.25, -0.2) is 9.97 Å². The van der Waals surface area contributed by atoms with Gasteiger partial charge in [0.15, 0.2) is 0 Å². The van der Waals surface area contributed by atoms with Gasteiger partial charge in [-0.15, -0.1) is 0 Å². The van der Waals surface area contributed by atoms with Crippen LogP contribution in [0.1, 0.15) is 18.1 Å². The van der Waals surface area contributed by atoms with Gasteiger partial charge >= 0.3 is 0 Å². The number of nitrogens with zero attached hydrogens (tertiary/aromatic N) is 4. The lowest BCUT2D eigenvalue weighted by atomic mass is 10.1. The molecule has 0 aliphatic carbocycles. The van der Waals surface area contributed by atoms with Crippen molar-refractivity contribution in [2.45, 2.75) is 20.8 Å². The van der Waals surface area contributed by atoms with Gasteiger partial charge in [0.1, 0.15) is 18.0 Å². The molecule has 0 amide bonds. The summed E-state index contributed by atoms with van der Waals surface area (Å²) in [5, 5.41) is 4.06. The van der Waals surface area contributed by atoms with Crippen LogP contribution in [0, 0.1) is 13.8 Å². The van der Waals surface area contributed by atoms with Crippen LogP contribution in [-0.4, -0.2) is 47.6 Å². The Kier molecular flexibility index (Phi) is 5.21. The highest BCUT2D eigenvalue weighted by molar-refractivity contribution is 6.33. The molecule has 2 aromatic rings. The minimum Gasteiger partial charge on any atom is -0.354 e. The van der Waals surface area contributed by atoms with Crippen LogP contribution in [0.5, 0.6) is 0 Å². The minimum absolute atomic E-state index is 0.712. The van der Waals surface area contributed by atoms with E-state index in [0.29, 0.717) is 5.02 Å². The highest BCUT2D eigenvalue weighted by Gasteiger charge is 2.17. The maximum absolute atomic E-state index is 6.38. The van der Waals surface area contributed by atoms with Crippen LogP contribution in [0.2, 0.25) is 5.02 Å². The molecule has 0 unspecified atom stereocenters. The molecule has 1 saturated heterocycles. The predicted molar refractivity (Wildman–Crippen MR) is 101 cm³/mol. The number of likely N-dealkylation sites (N-methyl/N-ethyl adjacent to an activating group) is 1. The van der Waals surface area contributed by atoms with Crippen LogP contribution < -0.4 is 10.2 Å². The lowest BCUT2D eigenvalue weighted by molar-refractivity contribution is 0.270. The van der Waals surface area contributed by atoms with Gasteiger partial charge in [-0.2, -0.15) is 0 Å². The third-order valence-electron chi connectivity index (χ3n) is 4.48. The summed E-state index contributed by atoms with van der Waals surface area (Å²) in [4.78, 5) is 13.5. The van der Waals surface area contributed by atoms with Crippen molar-refractivity contribution in [1.82, 2.24) is 14.9 Å². The fraction of sp³-hybridized carbons (Fsp3) is 0.444. The summed E-state index contributed by atoms with van der Waals surface area (Å²) in [6.07, 6.45) is 1.61. The molecule has 0 radical (unpaired) electrons. The molecule has 1 aromatic carbocycles. The Labute approximate surface area is 148 Å². The SMILES string of the molecule is CCN1CCN(c2cc(Nc3c(C)cc(C)cc3Cl)ncn2)CC1. The van der Waals surface area contributed by atoms with Crippen molar-refractivity contribution in [3.63, 3.8) is 0 Å². The van der Waals surface area contributed by atoms with E-state index in [-0.39, 0.29) is 0 Å². The maximum atomic E-state index is 6.38. The summed E-state index contributed by atoms with van der Waals surface area (Å²) in [5.41, 5.74) is 3.17. The van der Waals surface area contributed by atoms with Gasteiger partial charge in [0.05, 0.1) is 10.7 Å².